The highest BCUT2D eigenvalue weighted by Gasteiger charge is 2.22. The first-order valence-electron chi connectivity index (χ1n) is 9.95. The second kappa shape index (κ2) is 9.06. The molecule has 0 fully saturated rings. The van der Waals surface area contributed by atoms with Gasteiger partial charge in [-0.15, -0.1) is 11.3 Å². The predicted molar refractivity (Wildman–Crippen MR) is 123 cm³/mol. The maximum atomic E-state index is 12.7. The van der Waals surface area contributed by atoms with Gasteiger partial charge in [-0.2, -0.15) is 0 Å². The molecule has 0 bridgehead atoms. The number of hydrogen-bond acceptors (Lipinski definition) is 5. The van der Waals surface area contributed by atoms with Gasteiger partial charge < -0.3 is 10.3 Å². The highest BCUT2D eigenvalue weighted by molar-refractivity contribution is 7.18. The standard InChI is InChI=1S/C21H22Cl2N4O2S/c1-2-8-27(11-18(28)24-15-7-6-12(22)9-14(15)23)10-17-25-20(29)19-13-4-3-5-16(13)30-21(19)26-17/h6-7,9H,2-5,8,10-11H2,1H3,(H,24,28)(H,25,26,29). The minimum absolute atomic E-state index is 0.0803. The number of amides is 1. The number of nitrogens with one attached hydrogen (secondary N) is 2. The lowest BCUT2D eigenvalue weighted by Gasteiger charge is -2.20. The van der Waals surface area contributed by atoms with Crippen molar-refractivity contribution in [3.63, 3.8) is 0 Å². The Morgan fingerprint density at radius 1 is 1.33 bits per heavy atom. The number of carbonyl (C=O) groups is 1. The van der Waals surface area contributed by atoms with Crippen LogP contribution in [0.1, 0.15) is 36.0 Å². The van der Waals surface area contributed by atoms with Crippen molar-refractivity contribution in [2.24, 2.45) is 0 Å². The number of aromatic nitrogens is 2. The number of aromatic amines is 1. The highest BCUT2D eigenvalue weighted by atomic mass is 35.5. The number of aryl methyl sites for hydroxylation is 2. The molecule has 158 valence electrons. The Kier molecular flexibility index (Phi) is 6.43. The van der Waals surface area contributed by atoms with Gasteiger partial charge in [0, 0.05) is 9.90 Å². The number of anilines is 1. The van der Waals surface area contributed by atoms with Crippen LogP contribution in [0.15, 0.2) is 23.0 Å². The number of carbonyl (C=O) groups excluding carboxylic acids is 1. The molecule has 0 saturated heterocycles. The monoisotopic (exact) mass is 464 g/mol. The van der Waals surface area contributed by atoms with E-state index in [1.54, 1.807) is 29.5 Å². The lowest BCUT2D eigenvalue weighted by atomic mass is 10.2. The van der Waals surface area contributed by atoms with Gasteiger partial charge >= 0.3 is 0 Å². The zero-order valence-electron chi connectivity index (χ0n) is 16.6. The SMILES string of the molecule is CCCN(CC(=O)Nc1ccc(Cl)cc1Cl)Cc1nc2sc3c(c2c(=O)[nH]1)CCC3. The van der Waals surface area contributed by atoms with Gasteiger partial charge in [-0.3, -0.25) is 14.5 Å². The molecule has 1 aliphatic rings. The van der Waals surface area contributed by atoms with Crippen molar-refractivity contribution in [3.05, 3.63) is 54.9 Å². The van der Waals surface area contributed by atoms with Gasteiger partial charge in [0.2, 0.25) is 5.91 Å². The summed E-state index contributed by atoms with van der Waals surface area (Å²) in [5.41, 5.74) is 1.60. The highest BCUT2D eigenvalue weighted by Crippen LogP contribution is 2.34. The molecule has 4 rings (SSSR count). The lowest BCUT2D eigenvalue weighted by Crippen LogP contribution is -2.34. The van der Waals surface area contributed by atoms with E-state index in [4.69, 9.17) is 28.2 Å². The number of nitrogens with zero attached hydrogens (tertiary/aromatic N) is 2. The Labute approximate surface area is 188 Å². The smallest absolute Gasteiger partial charge is 0.259 e. The molecule has 2 heterocycles. The third kappa shape index (κ3) is 4.54. The first-order chi connectivity index (χ1) is 14.4. The Balaban J connectivity index is 1.49. The second-order valence-corrected chi connectivity index (χ2v) is 9.36. The number of H-pyrrole nitrogens is 1. The predicted octanol–water partition coefficient (Wildman–Crippen LogP) is 4.63. The van der Waals surface area contributed by atoms with Crippen LogP contribution in [0, 0.1) is 0 Å². The van der Waals surface area contributed by atoms with Crippen LogP contribution in [0.4, 0.5) is 5.69 Å². The summed E-state index contributed by atoms with van der Waals surface area (Å²) >= 11 is 13.7. The van der Waals surface area contributed by atoms with Gasteiger partial charge in [0.15, 0.2) is 0 Å². The van der Waals surface area contributed by atoms with E-state index in [0.29, 0.717) is 34.6 Å². The number of fused-ring (bicyclic) bond motifs is 3. The Hall–Kier alpha value is -1.93. The number of rotatable bonds is 7. The number of halogens is 2. The summed E-state index contributed by atoms with van der Waals surface area (Å²) in [6.07, 6.45) is 3.96. The molecule has 6 nitrogen and oxygen atoms in total. The Morgan fingerprint density at radius 2 is 2.17 bits per heavy atom. The van der Waals surface area contributed by atoms with Gasteiger partial charge in [-0.1, -0.05) is 30.1 Å². The molecule has 1 aromatic carbocycles. The quantitative estimate of drug-likeness (QED) is 0.534. The molecular formula is C21H22Cl2N4O2S. The van der Waals surface area contributed by atoms with Crippen molar-refractivity contribution in [2.75, 3.05) is 18.4 Å². The summed E-state index contributed by atoms with van der Waals surface area (Å²) in [6, 6.07) is 4.94. The van der Waals surface area contributed by atoms with Crippen molar-refractivity contribution < 1.29 is 4.79 Å². The summed E-state index contributed by atoms with van der Waals surface area (Å²) in [4.78, 5) is 36.9. The van der Waals surface area contributed by atoms with E-state index in [9.17, 15) is 9.59 Å². The average molecular weight is 465 g/mol. The van der Waals surface area contributed by atoms with Gasteiger partial charge in [0.05, 0.1) is 29.2 Å². The molecule has 3 aromatic rings. The summed E-state index contributed by atoms with van der Waals surface area (Å²) in [6.45, 7) is 3.30. The molecule has 0 spiro atoms. The van der Waals surface area contributed by atoms with Crippen LogP contribution >= 0.6 is 34.5 Å². The fourth-order valence-electron chi connectivity index (χ4n) is 3.85. The third-order valence-electron chi connectivity index (χ3n) is 5.11. The van der Waals surface area contributed by atoms with E-state index in [2.05, 4.69) is 10.3 Å². The normalized spacial score (nSPS) is 13.2. The van der Waals surface area contributed by atoms with E-state index >= 15 is 0 Å². The van der Waals surface area contributed by atoms with E-state index in [1.807, 2.05) is 11.8 Å². The van der Waals surface area contributed by atoms with Gasteiger partial charge in [0.25, 0.3) is 5.56 Å². The van der Waals surface area contributed by atoms with Gasteiger partial charge in [-0.25, -0.2) is 4.98 Å². The average Bonchev–Trinajstić information content (AvgIpc) is 3.25. The molecule has 0 aliphatic heterocycles. The number of hydrogen-bond donors (Lipinski definition) is 2. The summed E-state index contributed by atoms with van der Waals surface area (Å²) < 4.78 is 0. The van der Waals surface area contributed by atoms with Crippen LogP contribution in [0.25, 0.3) is 10.2 Å². The van der Waals surface area contributed by atoms with Crippen molar-refractivity contribution >= 4 is 56.3 Å². The summed E-state index contributed by atoms with van der Waals surface area (Å²) in [5, 5.41) is 4.46. The first kappa shape index (κ1) is 21.3. The largest absolute Gasteiger partial charge is 0.324 e. The maximum Gasteiger partial charge on any atom is 0.259 e. The molecule has 2 aromatic heterocycles. The van der Waals surface area contributed by atoms with Crippen LogP contribution < -0.4 is 10.9 Å². The zero-order valence-corrected chi connectivity index (χ0v) is 18.9. The Bertz CT molecular complexity index is 1160. The van der Waals surface area contributed by atoms with Crippen molar-refractivity contribution in [3.8, 4) is 0 Å². The fourth-order valence-corrected chi connectivity index (χ4v) is 5.58. The third-order valence-corrected chi connectivity index (χ3v) is 6.84. The molecule has 9 heteroatoms. The van der Waals surface area contributed by atoms with Crippen LogP contribution in [0.2, 0.25) is 10.0 Å². The van der Waals surface area contributed by atoms with Crippen molar-refractivity contribution in [1.29, 1.82) is 0 Å². The molecule has 2 N–H and O–H groups in total. The topological polar surface area (TPSA) is 78.1 Å². The fraction of sp³-hybridized carbons (Fsp3) is 0.381. The molecule has 30 heavy (non-hydrogen) atoms. The second-order valence-electron chi connectivity index (χ2n) is 7.43. The molecule has 0 unspecified atom stereocenters. The molecular weight excluding hydrogens is 443 g/mol. The Morgan fingerprint density at radius 3 is 2.93 bits per heavy atom. The summed E-state index contributed by atoms with van der Waals surface area (Å²) in [5.74, 6) is 0.393. The van der Waals surface area contributed by atoms with Crippen LogP contribution in [0.5, 0.6) is 0 Å². The minimum atomic E-state index is -0.189. The zero-order chi connectivity index (χ0) is 21.3. The molecule has 0 radical (unpaired) electrons. The summed E-state index contributed by atoms with van der Waals surface area (Å²) in [7, 11) is 0. The first-order valence-corrected chi connectivity index (χ1v) is 11.5. The van der Waals surface area contributed by atoms with Crippen LogP contribution in [0.3, 0.4) is 0 Å². The van der Waals surface area contributed by atoms with Crippen LogP contribution in [-0.4, -0.2) is 33.9 Å². The van der Waals surface area contributed by atoms with E-state index < -0.39 is 0 Å². The van der Waals surface area contributed by atoms with Gasteiger partial charge in [-0.05, 0) is 56.0 Å². The molecule has 1 amide bonds. The van der Waals surface area contributed by atoms with Crippen LogP contribution in [-0.2, 0) is 24.2 Å². The van der Waals surface area contributed by atoms with Crippen molar-refractivity contribution in [2.45, 2.75) is 39.2 Å². The molecule has 0 saturated carbocycles. The van der Waals surface area contributed by atoms with E-state index in [0.717, 1.165) is 35.9 Å². The molecule has 1 aliphatic carbocycles. The van der Waals surface area contributed by atoms with Crippen molar-refractivity contribution in [1.82, 2.24) is 14.9 Å². The van der Waals surface area contributed by atoms with E-state index in [1.165, 1.54) is 10.4 Å². The van der Waals surface area contributed by atoms with Gasteiger partial charge in [0.1, 0.15) is 10.7 Å². The molecule has 0 atom stereocenters. The van der Waals surface area contributed by atoms with E-state index in [-0.39, 0.29) is 18.0 Å². The number of thiophene rings is 1. The number of benzene rings is 1. The maximum absolute atomic E-state index is 12.7. The lowest BCUT2D eigenvalue weighted by molar-refractivity contribution is -0.117. The minimum Gasteiger partial charge on any atom is -0.324 e.